The van der Waals surface area contributed by atoms with Crippen molar-refractivity contribution in [2.75, 3.05) is 26.5 Å². The molecular weight excluding hydrogens is 252 g/mol. The first-order valence-electron chi connectivity index (χ1n) is 5.91. The lowest BCUT2D eigenvalue weighted by Crippen LogP contribution is -2.11. The molecule has 0 fully saturated rings. The van der Waals surface area contributed by atoms with Crippen LogP contribution in [-0.4, -0.2) is 26.1 Å². The van der Waals surface area contributed by atoms with Gasteiger partial charge >= 0.3 is 0 Å². The number of benzene rings is 1. The van der Waals surface area contributed by atoms with Crippen LogP contribution < -0.4 is 10.1 Å². The molecular formula is C15H16N4O. The molecule has 0 unspecified atom stereocenters. The zero-order valence-electron chi connectivity index (χ0n) is 11.7. The van der Waals surface area contributed by atoms with Gasteiger partial charge in [-0.2, -0.15) is 10.5 Å². The van der Waals surface area contributed by atoms with E-state index in [9.17, 15) is 0 Å². The van der Waals surface area contributed by atoms with Crippen molar-refractivity contribution in [3.05, 3.63) is 47.8 Å². The number of allylic oxidation sites excluding steroid dienone is 2. The van der Waals surface area contributed by atoms with Crippen molar-refractivity contribution in [3.63, 3.8) is 0 Å². The van der Waals surface area contributed by atoms with Crippen molar-refractivity contribution in [2.24, 2.45) is 0 Å². The second-order valence-corrected chi connectivity index (χ2v) is 4.08. The van der Waals surface area contributed by atoms with Crippen LogP contribution in [0.5, 0.6) is 5.75 Å². The van der Waals surface area contributed by atoms with E-state index >= 15 is 0 Å². The summed E-state index contributed by atoms with van der Waals surface area (Å²) in [5, 5.41) is 20.9. The summed E-state index contributed by atoms with van der Waals surface area (Å²) in [5.74, 6) is 0.782. The number of likely N-dealkylation sites (N-methyl/N-ethyl adjacent to an activating group) is 1. The minimum Gasteiger partial charge on any atom is -0.497 e. The Morgan fingerprint density at radius 3 is 2.25 bits per heavy atom. The summed E-state index contributed by atoms with van der Waals surface area (Å²) < 4.78 is 5.07. The molecule has 0 bridgehead atoms. The van der Waals surface area contributed by atoms with Crippen molar-refractivity contribution in [2.45, 2.75) is 0 Å². The average Bonchev–Trinajstić information content (AvgIpc) is 2.47. The molecule has 20 heavy (non-hydrogen) atoms. The summed E-state index contributed by atoms with van der Waals surface area (Å²) in [6.45, 7) is 0. The Labute approximate surface area is 119 Å². The molecule has 0 aliphatic heterocycles. The van der Waals surface area contributed by atoms with Crippen molar-refractivity contribution in [1.29, 1.82) is 10.5 Å². The Balaban J connectivity index is 2.83. The predicted molar refractivity (Wildman–Crippen MR) is 77.7 cm³/mol. The van der Waals surface area contributed by atoms with Crippen molar-refractivity contribution in [1.82, 2.24) is 4.90 Å². The smallest absolute Gasteiger partial charge is 0.152 e. The lowest BCUT2D eigenvalue weighted by atomic mass is 10.2. The van der Waals surface area contributed by atoms with Crippen LogP contribution in [0.15, 0.2) is 47.8 Å². The van der Waals surface area contributed by atoms with Crippen LogP contribution in [0.25, 0.3) is 0 Å². The molecule has 1 N–H and O–H groups in total. The van der Waals surface area contributed by atoms with E-state index in [1.807, 2.05) is 36.4 Å². The fourth-order valence-corrected chi connectivity index (χ4v) is 1.50. The van der Waals surface area contributed by atoms with E-state index in [-0.39, 0.29) is 5.57 Å². The van der Waals surface area contributed by atoms with Gasteiger partial charge in [-0.05, 0) is 30.3 Å². The largest absolute Gasteiger partial charge is 0.497 e. The van der Waals surface area contributed by atoms with Gasteiger partial charge in [0.25, 0.3) is 0 Å². The number of ether oxygens (including phenoxy) is 1. The maximum Gasteiger partial charge on any atom is 0.152 e. The Bertz CT molecular complexity index is 570. The third kappa shape index (κ3) is 4.08. The van der Waals surface area contributed by atoms with Gasteiger partial charge in [0.15, 0.2) is 5.57 Å². The molecule has 0 saturated carbocycles. The predicted octanol–water partition coefficient (Wildman–Crippen LogP) is 2.48. The number of nitrogens with zero attached hydrogens (tertiary/aromatic N) is 3. The number of methoxy groups -OCH3 is 1. The molecule has 0 heterocycles. The molecule has 1 aromatic rings. The van der Waals surface area contributed by atoms with Crippen molar-refractivity contribution >= 4 is 5.69 Å². The summed E-state index contributed by atoms with van der Waals surface area (Å²) in [5.41, 5.74) is 1.51. The SMILES string of the molecule is COc1ccc(N/C=C/C(=C(C#N)C#N)N(C)C)cc1. The monoisotopic (exact) mass is 268 g/mol. The summed E-state index contributed by atoms with van der Waals surface area (Å²) in [4.78, 5) is 1.72. The van der Waals surface area contributed by atoms with Crippen LogP contribution >= 0.6 is 0 Å². The van der Waals surface area contributed by atoms with E-state index in [1.165, 1.54) is 0 Å². The second-order valence-electron chi connectivity index (χ2n) is 4.08. The van der Waals surface area contributed by atoms with E-state index < -0.39 is 0 Å². The third-order valence-corrected chi connectivity index (χ3v) is 2.54. The van der Waals surface area contributed by atoms with Gasteiger partial charge in [-0.15, -0.1) is 0 Å². The normalized spacial score (nSPS) is 9.45. The number of rotatable bonds is 5. The molecule has 0 aliphatic rings. The fourth-order valence-electron chi connectivity index (χ4n) is 1.50. The molecule has 1 rings (SSSR count). The first-order valence-corrected chi connectivity index (χ1v) is 5.91. The van der Waals surface area contributed by atoms with Crippen LogP contribution in [0.4, 0.5) is 5.69 Å². The van der Waals surface area contributed by atoms with E-state index in [1.54, 1.807) is 38.4 Å². The number of nitriles is 2. The molecule has 0 amide bonds. The van der Waals surface area contributed by atoms with Gasteiger partial charge in [-0.1, -0.05) is 0 Å². The highest BCUT2D eigenvalue weighted by atomic mass is 16.5. The van der Waals surface area contributed by atoms with Crippen molar-refractivity contribution < 1.29 is 4.74 Å². The minimum absolute atomic E-state index is 0.0720. The first-order chi connectivity index (χ1) is 9.62. The van der Waals surface area contributed by atoms with Gasteiger partial charge in [0, 0.05) is 26.0 Å². The Morgan fingerprint density at radius 2 is 1.80 bits per heavy atom. The van der Waals surface area contributed by atoms with Crippen LogP contribution in [0.2, 0.25) is 0 Å². The average molecular weight is 268 g/mol. The first kappa shape index (κ1) is 15.1. The molecule has 5 heteroatoms. The highest BCUT2D eigenvalue weighted by Crippen LogP contribution is 2.15. The van der Waals surface area contributed by atoms with Gasteiger partial charge in [0.05, 0.1) is 12.8 Å². The third-order valence-electron chi connectivity index (χ3n) is 2.54. The number of nitrogens with one attached hydrogen (secondary N) is 1. The molecule has 0 atom stereocenters. The Morgan fingerprint density at radius 1 is 1.20 bits per heavy atom. The minimum atomic E-state index is 0.0720. The van der Waals surface area contributed by atoms with Gasteiger partial charge < -0.3 is 15.0 Å². The molecule has 0 saturated heterocycles. The molecule has 5 nitrogen and oxygen atoms in total. The van der Waals surface area contributed by atoms with E-state index in [0.717, 1.165) is 11.4 Å². The van der Waals surface area contributed by atoms with Crippen LogP contribution in [0.3, 0.4) is 0 Å². The molecule has 0 spiro atoms. The van der Waals surface area contributed by atoms with Gasteiger partial charge in [0.2, 0.25) is 0 Å². The fraction of sp³-hybridized carbons (Fsp3) is 0.200. The number of hydrogen-bond acceptors (Lipinski definition) is 5. The van der Waals surface area contributed by atoms with Gasteiger partial charge in [0.1, 0.15) is 17.9 Å². The summed E-state index contributed by atoms with van der Waals surface area (Å²) >= 11 is 0. The Hall–Kier alpha value is -2.92. The molecule has 0 aliphatic carbocycles. The number of hydrogen-bond donors (Lipinski definition) is 1. The van der Waals surface area contributed by atoms with E-state index in [0.29, 0.717) is 5.70 Å². The molecule has 0 radical (unpaired) electrons. The second kappa shape index (κ2) is 7.50. The summed E-state index contributed by atoms with van der Waals surface area (Å²) in [6, 6.07) is 11.2. The maximum atomic E-state index is 8.89. The molecule has 1 aromatic carbocycles. The zero-order chi connectivity index (χ0) is 15.0. The number of anilines is 1. The van der Waals surface area contributed by atoms with Gasteiger partial charge in [-0.3, -0.25) is 0 Å². The highest BCUT2D eigenvalue weighted by molar-refractivity contribution is 5.50. The lowest BCUT2D eigenvalue weighted by molar-refractivity contribution is 0.415. The molecule has 102 valence electrons. The maximum absolute atomic E-state index is 8.89. The van der Waals surface area contributed by atoms with Crippen LogP contribution in [0.1, 0.15) is 0 Å². The zero-order valence-corrected chi connectivity index (χ0v) is 11.7. The topological polar surface area (TPSA) is 72.1 Å². The summed E-state index contributed by atoms with van der Waals surface area (Å²) in [6.07, 6.45) is 3.37. The summed E-state index contributed by atoms with van der Waals surface area (Å²) in [7, 11) is 5.17. The Kier molecular flexibility index (Phi) is 5.68. The lowest BCUT2D eigenvalue weighted by Gasteiger charge is -2.13. The van der Waals surface area contributed by atoms with Crippen LogP contribution in [-0.2, 0) is 0 Å². The highest BCUT2D eigenvalue weighted by Gasteiger charge is 2.04. The van der Waals surface area contributed by atoms with E-state index in [4.69, 9.17) is 15.3 Å². The quantitative estimate of drug-likeness (QED) is 0.656. The standard InChI is InChI=1S/C15H16N4O/c1-19(2)15(12(10-16)11-17)8-9-18-13-4-6-14(20-3)7-5-13/h4-9,18H,1-3H3/b9-8+. The van der Waals surface area contributed by atoms with Gasteiger partial charge in [-0.25, -0.2) is 0 Å². The molecule has 0 aromatic heterocycles. The van der Waals surface area contributed by atoms with E-state index in [2.05, 4.69) is 5.32 Å². The van der Waals surface area contributed by atoms with Crippen LogP contribution in [0, 0.1) is 22.7 Å². The van der Waals surface area contributed by atoms with Crippen molar-refractivity contribution in [3.8, 4) is 17.9 Å².